The fourth-order valence-corrected chi connectivity index (χ4v) is 4.05. The molecule has 1 aliphatic carbocycles. The summed E-state index contributed by atoms with van der Waals surface area (Å²) in [6.45, 7) is 3.86. The number of alkyl carbamates (subject to hydrolysis) is 1. The molecule has 35 heavy (non-hydrogen) atoms. The lowest BCUT2D eigenvalue weighted by molar-refractivity contribution is -0.141. The van der Waals surface area contributed by atoms with Crippen LogP contribution < -0.4 is 10.6 Å². The van der Waals surface area contributed by atoms with Gasteiger partial charge in [-0.1, -0.05) is 53.7 Å². The van der Waals surface area contributed by atoms with Gasteiger partial charge < -0.3 is 20.5 Å². The number of hydrogen-bond acceptors (Lipinski definition) is 6. The van der Waals surface area contributed by atoms with Crippen LogP contribution in [0, 0.1) is 5.92 Å². The van der Waals surface area contributed by atoms with Gasteiger partial charge in [0.2, 0.25) is 0 Å². The number of nitrogens with one attached hydrogen (secondary N) is 2. The number of carboxylic acids is 1. The molecule has 1 heterocycles. The normalized spacial score (nSPS) is 13.9. The van der Waals surface area contributed by atoms with E-state index < -0.39 is 29.9 Å². The molecule has 0 saturated carbocycles. The van der Waals surface area contributed by atoms with Crippen LogP contribution in [0.4, 0.5) is 4.79 Å². The van der Waals surface area contributed by atoms with Crippen molar-refractivity contribution in [3.05, 3.63) is 71.5 Å². The highest BCUT2D eigenvalue weighted by Gasteiger charge is 2.29. The van der Waals surface area contributed by atoms with Crippen molar-refractivity contribution in [2.45, 2.75) is 32.4 Å². The summed E-state index contributed by atoms with van der Waals surface area (Å²) in [5, 5.41) is 22.0. The standard InChI is InChI=1S/C25H27N5O5/c1-15(24(32)33)16(2)27-23(31)22-13-30(29-28-22)12-11-26-25(34)35-14-21-19-9-5-3-7-17(19)18-8-4-6-10-20(18)21/h3-10,13,15-16,21H,11-12,14H2,1-2H3,(H,26,34)(H,27,31)(H,32,33). The molecule has 1 aliphatic rings. The maximum atomic E-state index is 12.3. The van der Waals surface area contributed by atoms with Crippen molar-refractivity contribution < 1.29 is 24.2 Å². The minimum Gasteiger partial charge on any atom is -0.481 e. The second-order valence-electron chi connectivity index (χ2n) is 8.51. The molecular formula is C25H27N5O5. The third-order valence-corrected chi connectivity index (χ3v) is 6.22. The molecule has 0 aliphatic heterocycles. The van der Waals surface area contributed by atoms with Gasteiger partial charge in [0.1, 0.15) is 6.61 Å². The number of fused-ring (bicyclic) bond motifs is 3. The number of hydrogen-bond donors (Lipinski definition) is 3. The molecule has 0 spiro atoms. The Morgan fingerprint density at radius 3 is 2.31 bits per heavy atom. The molecule has 10 nitrogen and oxygen atoms in total. The van der Waals surface area contributed by atoms with E-state index in [9.17, 15) is 14.4 Å². The molecular weight excluding hydrogens is 450 g/mol. The van der Waals surface area contributed by atoms with Crippen LogP contribution in [0.15, 0.2) is 54.7 Å². The number of rotatable bonds is 9. The number of benzene rings is 2. The predicted octanol–water partition coefficient (Wildman–Crippen LogP) is 2.66. The highest BCUT2D eigenvalue weighted by atomic mass is 16.5. The monoisotopic (exact) mass is 477 g/mol. The number of ether oxygens (including phenoxy) is 1. The Bertz CT molecular complexity index is 1190. The Morgan fingerprint density at radius 2 is 1.69 bits per heavy atom. The van der Waals surface area contributed by atoms with Crippen LogP contribution >= 0.6 is 0 Å². The average Bonchev–Trinajstić information content (AvgIpc) is 3.45. The lowest BCUT2D eigenvalue weighted by Gasteiger charge is -2.16. The van der Waals surface area contributed by atoms with Crippen LogP contribution in [0.25, 0.3) is 11.1 Å². The second-order valence-corrected chi connectivity index (χ2v) is 8.51. The molecule has 3 N–H and O–H groups in total. The fraction of sp³-hybridized carbons (Fsp3) is 0.320. The SMILES string of the molecule is CC(NC(=O)c1cn(CCNC(=O)OCC2c3ccccc3-c3ccccc32)nn1)C(C)C(=O)O. The van der Waals surface area contributed by atoms with Crippen molar-refractivity contribution in [2.24, 2.45) is 5.92 Å². The van der Waals surface area contributed by atoms with Crippen LogP contribution in [0.2, 0.25) is 0 Å². The van der Waals surface area contributed by atoms with Gasteiger partial charge in [0.25, 0.3) is 5.91 Å². The summed E-state index contributed by atoms with van der Waals surface area (Å²) < 4.78 is 6.92. The zero-order valence-electron chi connectivity index (χ0n) is 19.5. The minimum absolute atomic E-state index is 0.0178. The topological polar surface area (TPSA) is 135 Å². The maximum Gasteiger partial charge on any atom is 0.407 e. The van der Waals surface area contributed by atoms with Crippen LogP contribution in [-0.2, 0) is 16.1 Å². The lowest BCUT2D eigenvalue weighted by Crippen LogP contribution is -2.40. The van der Waals surface area contributed by atoms with Crippen LogP contribution in [0.3, 0.4) is 0 Å². The molecule has 2 atom stereocenters. The molecule has 0 saturated heterocycles. The van der Waals surface area contributed by atoms with E-state index in [0.29, 0.717) is 0 Å². The smallest absolute Gasteiger partial charge is 0.407 e. The minimum atomic E-state index is -0.999. The molecule has 2 amide bonds. The molecule has 3 aromatic rings. The molecule has 0 radical (unpaired) electrons. The molecule has 2 aromatic carbocycles. The zero-order valence-corrected chi connectivity index (χ0v) is 19.5. The largest absolute Gasteiger partial charge is 0.481 e. The summed E-state index contributed by atoms with van der Waals surface area (Å²) >= 11 is 0. The van der Waals surface area contributed by atoms with Crippen LogP contribution in [0.1, 0.15) is 41.4 Å². The van der Waals surface area contributed by atoms with Crippen molar-refractivity contribution in [3.63, 3.8) is 0 Å². The van der Waals surface area contributed by atoms with E-state index in [-0.39, 0.29) is 31.3 Å². The third kappa shape index (κ3) is 5.32. The molecule has 0 fully saturated rings. The van der Waals surface area contributed by atoms with Gasteiger partial charge in [-0.25, -0.2) is 9.48 Å². The number of carboxylic acid groups (broad SMARTS) is 1. The fourth-order valence-electron chi connectivity index (χ4n) is 4.05. The molecule has 2 unspecified atom stereocenters. The predicted molar refractivity (Wildman–Crippen MR) is 127 cm³/mol. The van der Waals surface area contributed by atoms with Gasteiger partial charge in [-0.3, -0.25) is 9.59 Å². The summed E-state index contributed by atoms with van der Waals surface area (Å²) in [5.41, 5.74) is 4.67. The van der Waals surface area contributed by atoms with Crippen LogP contribution in [-0.4, -0.2) is 57.3 Å². The first kappa shape index (κ1) is 23.9. The number of nitrogens with zero attached hydrogens (tertiary/aromatic N) is 3. The maximum absolute atomic E-state index is 12.3. The third-order valence-electron chi connectivity index (χ3n) is 6.22. The van der Waals surface area contributed by atoms with Gasteiger partial charge in [-0.05, 0) is 36.1 Å². The number of carbonyl (C=O) groups excluding carboxylic acids is 2. The first-order valence-electron chi connectivity index (χ1n) is 11.4. The Kier molecular flexibility index (Phi) is 7.09. The van der Waals surface area contributed by atoms with E-state index >= 15 is 0 Å². The lowest BCUT2D eigenvalue weighted by atomic mass is 9.98. The summed E-state index contributed by atoms with van der Waals surface area (Å²) in [7, 11) is 0. The van der Waals surface area contributed by atoms with E-state index in [2.05, 4.69) is 45.2 Å². The van der Waals surface area contributed by atoms with Crippen molar-refractivity contribution >= 4 is 18.0 Å². The van der Waals surface area contributed by atoms with Gasteiger partial charge in [-0.15, -0.1) is 5.10 Å². The second kappa shape index (κ2) is 10.4. The van der Waals surface area contributed by atoms with E-state index in [1.165, 1.54) is 17.8 Å². The molecule has 4 rings (SSSR count). The van der Waals surface area contributed by atoms with Crippen molar-refractivity contribution in [2.75, 3.05) is 13.2 Å². The van der Waals surface area contributed by atoms with Crippen LogP contribution in [0.5, 0.6) is 0 Å². The van der Waals surface area contributed by atoms with E-state index in [4.69, 9.17) is 9.84 Å². The van der Waals surface area contributed by atoms with Crippen molar-refractivity contribution in [1.29, 1.82) is 0 Å². The summed E-state index contributed by atoms with van der Waals surface area (Å²) in [6, 6.07) is 15.7. The quantitative estimate of drug-likeness (QED) is 0.431. The Balaban J connectivity index is 1.25. The summed E-state index contributed by atoms with van der Waals surface area (Å²) in [5.74, 6) is -2.27. The molecule has 1 aromatic heterocycles. The Hall–Kier alpha value is -4.21. The first-order valence-corrected chi connectivity index (χ1v) is 11.4. The molecule has 10 heteroatoms. The average molecular weight is 478 g/mol. The number of amides is 2. The van der Waals surface area contributed by atoms with E-state index in [1.807, 2.05) is 24.3 Å². The van der Waals surface area contributed by atoms with Gasteiger partial charge in [0.05, 0.1) is 18.7 Å². The van der Waals surface area contributed by atoms with Crippen molar-refractivity contribution in [1.82, 2.24) is 25.6 Å². The van der Waals surface area contributed by atoms with Gasteiger partial charge >= 0.3 is 12.1 Å². The highest BCUT2D eigenvalue weighted by Crippen LogP contribution is 2.44. The molecule has 0 bridgehead atoms. The molecule has 182 valence electrons. The zero-order chi connectivity index (χ0) is 24.9. The Morgan fingerprint density at radius 1 is 1.06 bits per heavy atom. The van der Waals surface area contributed by atoms with E-state index in [0.717, 1.165) is 22.3 Å². The first-order chi connectivity index (χ1) is 16.8. The van der Waals surface area contributed by atoms with E-state index in [1.54, 1.807) is 6.92 Å². The summed E-state index contributed by atoms with van der Waals surface area (Å²) in [4.78, 5) is 35.6. The Labute approximate surface area is 202 Å². The number of aromatic nitrogens is 3. The van der Waals surface area contributed by atoms with Crippen molar-refractivity contribution in [3.8, 4) is 11.1 Å². The number of carbonyl (C=O) groups is 3. The summed E-state index contributed by atoms with van der Waals surface area (Å²) in [6.07, 6.45) is 0.897. The number of aliphatic carboxylic acids is 1. The highest BCUT2D eigenvalue weighted by molar-refractivity contribution is 5.92. The van der Waals surface area contributed by atoms with Gasteiger partial charge in [0, 0.05) is 18.5 Å². The van der Waals surface area contributed by atoms with Gasteiger partial charge in [0.15, 0.2) is 5.69 Å². The van der Waals surface area contributed by atoms with Gasteiger partial charge in [-0.2, -0.15) is 0 Å².